The molecule has 1 amide bonds. The Labute approximate surface area is 144 Å². The highest BCUT2D eigenvalue weighted by molar-refractivity contribution is 5.89. The van der Waals surface area contributed by atoms with Crippen molar-refractivity contribution in [2.75, 3.05) is 13.7 Å². The number of ether oxygens (including phenoxy) is 3. The molecule has 25 heavy (non-hydrogen) atoms. The van der Waals surface area contributed by atoms with Gasteiger partial charge < -0.3 is 25.3 Å². The predicted octanol–water partition coefficient (Wildman–Crippen LogP) is 1.76. The van der Waals surface area contributed by atoms with Gasteiger partial charge in [0.2, 0.25) is 6.10 Å². The van der Waals surface area contributed by atoms with Crippen molar-refractivity contribution in [1.29, 1.82) is 0 Å². The Morgan fingerprint density at radius 2 is 2.32 bits per heavy atom. The number of amides is 1. The van der Waals surface area contributed by atoms with Crippen LogP contribution in [0, 0.1) is 6.07 Å². The predicted molar refractivity (Wildman–Crippen MR) is 89.8 cm³/mol. The van der Waals surface area contributed by atoms with E-state index in [9.17, 15) is 4.79 Å². The summed E-state index contributed by atoms with van der Waals surface area (Å²) in [6.07, 6.45) is -0.910. The van der Waals surface area contributed by atoms with Gasteiger partial charge >= 0.3 is 0 Å². The van der Waals surface area contributed by atoms with Gasteiger partial charge in [-0.15, -0.1) is 0 Å². The molecule has 0 spiro atoms. The van der Waals surface area contributed by atoms with Crippen LogP contribution in [-0.2, 0) is 9.53 Å². The maximum Gasteiger partial charge on any atom is 0.291 e. The number of nitrogens with two attached hydrogens (primary N) is 1. The van der Waals surface area contributed by atoms with E-state index in [0.29, 0.717) is 23.6 Å². The molecule has 0 aliphatic carbocycles. The third kappa shape index (κ3) is 2.63. The summed E-state index contributed by atoms with van der Waals surface area (Å²) in [5.74, 6) is 0.871. The van der Waals surface area contributed by atoms with Crippen LogP contribution in [0.25, 0.3) is 0 Å². The fraction of sp³-hybridized carbons (Fsp3) is 0.222. The lowest BCUT2D eigenvalue weighted by Gasteiger charge is -2.25. The zero-order chi connectivity index (χ0) is 17.4. The van der Waals surface area contributed by atoms with E-state index in [1.165, 1.54) is 0 Å². The highest BCUT2D eigenvalue weighted by Crippen LogP contribution is 2.40. The maximum atomic E-state index is 11.8. The van der Waals surface area contributed by atoms with Gasteiger partial charge in [0.15, 0.2) is 0 Å². The van der Waals surface area contributed by atoms with E-state index >= 15 is 0 Å². The number of carbonyl (C=O) groups is 1. The van der Waals surface area contributed by atoms with Gasteiger partial charge in [-0.25, -0.2) is 0 Å². The van der Waals surface area contributed by atoms with Gasteiger partial charge in [-0.05, 0) is 30.3 Å². The van der Waals surface area contributed by atoms with Gasteiger partial charge in [0.25, 0.3) is 11.9 Å². The zero-order valence-electron chi connectivity index (χ0n) is 13.5. The summed E-state index contributed by atoms with van der Waals surface area (Å²) in [4.78, 5) is 16.2. The van der Waals surface area contributed by atoms with Gasteiger partial charge in [-0.2, -0.15) is 4.99 Å². The molecule has 0 saturated carbocycles. The molecule has 2 aliphatic rings. The summed E-state index contributed by atoms with van der Waals surface area (Å²) in [5.41, 5.74) is 7.58. The molecule has 2 aromatic carbocycles. The van der Waals surface area contributed by atoms with Crippen LogP contribution in [0.4, 0.5) is 5.69 Å². The van der Waals surface area contributed by atoms with E-state index in [1.54, 1.807) is 25.3 Å². The molecule has 0 aromatic heterocycles. The summed E-state index contributed by atoms with van der Waals surface area (Å²) in [5, 5.41) is 3.18. The monoisotopic (exact) mass is 338 g/mol. The van der Waals surface area contributed by atoms with Crippen molar-refractivity contribution in [2.45, 2.75) is 12.1 Å². The molecule has 2 atom stereocenters. The molecule has 0 fully saturated rings. The molecule has 2 aromatic rings. The lowest BCUT2D eigenvalue weighted by Crippen LogP contribution is -2.37. The molecule has 127 valence electrons. The van der Waals surface area contributed by atoms with E-state index in [-0.39, 0.29) is 12.1 Å². The Balaban J connectivity index is 1.66. The third-order valence-corrected chi connectivity index (χ3v) is 4.16. The number of nitrogens with zero attached hydrogens (tertiary/aromatic N) is 1. The number of nitrogens with one attached hydrogen (secondary N) is 1. The average molecular weight is 338 g/mol. The Morgan fingerprint density at radius 1 is 1.44 bits per heavy atom. The minimum Gasteiger partial charge on any atom is -0.496 e. The fourth-order valence-corrected chi connectivity index (χ4v) is 3.03. The van der Waals surface area contributed by atoms with Crippen molar-refractivity contribution in [3.05, 3.63) is 53.6 Å². The molecule has 3 N–H and O–H groups in total. The van der Waals surface area contributed by atoms with Crippen LogP contribution in [-0.4, -0.2) is 25.6 Å². The van der Waals surface area contributed by atoms with Crippen LogP contribution in [0.3, 0.4) is 0 Å². The van der Waals surface area contributed by atoms with E-state index in [4.69, 9.17) is 19.9 Å². The second-order valence-electron chi connectivity index (χ2n) is 5.68. The molecule has 0 bridgehead atoms. The number of amidine groups is 1. The molecule has 1 radical (unpaired) electrons. The summed E-state index contributed by atoms with van der Waals surface area (Å²) in [7, 11) is 1.61. The van der Waals surface area contributed by atoms with Crippen LogP contribution < -0.4 is 20.5 Å². The Hall–Kier alpha value is -3.22. The summed E-state index contributed by atoms with van der Waals surface area (Å²) < 4.78 is 16.8. The van der Waals surface area contributed by atoms with Crippen LogP contribution in [0.5, 0.6) is 11.5 Å². The number of hydrogen-bond donors (Lipinski definition) is 2. The third-order valence-electron chi connectivity index (χ3n) is 4.16. The average Bonchev–Trinajstić information content (AvgIpc) is 3.04. The first-order chi connectivity index (χ1) is 12.2. The van der Waals surface area contributed by atoms with Crippen LogP contribution in [0.15, 0.2) is 41.4 Å². The topological polar surface area (TPSA) is 95.2 Å². The van der Waals surface area contributed by atoms with Crippen LogP contribution in [0.2, 0.25) is 0 Å². The maximum absolute atomic E-state index is 11.8. The molecule has 7 heteroatoms. The lowest BCUT2D eigenvalue weighted by atomic mass is 10.1. The van der Waals surface area contributed by atoms with Gasteiger partial charge in [0, 0.05) is 5.56 Å². The first-order valence-electron chi connectivity index (χ1n) is 7.78. The minimum absolute atomic E-state index is 0.213. The molecule has 0 saturated heterocycles. The van der Waals surface area contributed by atoms with Gasteiger partial charge in [-0.1, -0.05) is 12.1 Å². The van der Waals surface area contributed by atoms with E-state index in [2.05, 4.69) is 16.4 Å². The molecule has 4 rings (SSSR count). The zero-order valence-corrected chi connectivity index (χ0v) is 13.5. The van der Waals surface area contributed by atoms with Crippen molar-refractivity contribution in [3.63, 3.8) is 0 Å². The highest BCUT2D eigenvalue weighted by Gasteiger charge is 2.33. The Morgan fingerprint density at radius 3 is 3.12 bits per heavy atom. The Kier molecular flexibility index (Phi) is 3.68. The van der Waals surface area contributed by atoms with Gasteiger partial charge in [0.1, 0.15) is 18.1 Å². The largest absolute Gasteiger partial charge is 0.496 e. The molecule has 2 unspecified atom stereocenters. The molecule has 2 aliphatic heterocycles. The summed E-state index contributed by atoms with van der Waals surface area (Å²) >= 11 is 0. The van der Waals surface area contributed by atoms with Crippen LogP contribution >= 0.6 is 0 Å². The number of rotatable bonds is 3. The lowest BCUT2D eigenvalue weighted by molar-refractivity contribution is -0.125. The number of hydrogen-bond acceptors (Lipinski definition) is 6. The van der Waals surface area contributed by atoms with Crippen molar-refractivity contribution in [3.8, 4) is 11.5 Å². The molecule has 7 nitrogen and oxygen atoms in total. The highest BCUT2D eigenvalue weighted by atomic mass is 16.5. The summed E-state index contributed by atoms with van der Waals surface area (Å²) in [6.45, 7) is 0.398. The molecule has 2 heterocycles. The number of fused-ring (bicyclic) bond motifs is 2. The van der Waals surface area contributed by atoms with Gasteiger partial charge in [0.05, 0.1) is 24.4 Å². The smallest absolute Gasteiger partial charge is 0.291 e. The Bertz CT molecular complexity index is 865. The molecular formula is C18H16N3O4. The quantitative estimate of drug-likeness (QED) is 0.889. The normalized spacial score (nSPS) is 20.4. The second-order valence-corrected chi connectivity index (χ2v) is 5.68. The first-order valence-corrected chi connectivity index (χ1v) is 7.78. The number of methoxy groups -OCH3 is 1. The summed E-state index contributed by atoms with van der Waals surface area (Å²) in [6, 6.07) is 13.7. The van der Waals surface area contributed by atoms with E-state index in [1.807, 2.05) is 18.2 Å². The first kappa shape index (κ1) is 15.3. The van der Waals surface area contributed by atoms with E-state index in [0.717, 1.165) is 11.3 Å². The number of carbonyl (C=O) groups excluding carboxylic acids is 1. The SMILES string of the molecule is COc1cccc2c1C(NC1=Nc3cc[c]cc3C(C(N)=O)O1)CO2. The van der Waals surface area contributed by atoms with Crippen molar-refractivity contribution >= 4 is 17.6 Å². The minimum atomic E-state index is -0.910. The van der Waals surface area contributed by atoms with E-state index < -0.39 is 12.0 Å². The number of benzene rings is 2. The van der Waals surface area contributed by atoms with Crippen molar-refractivity contribution in [2.24, 2.45) is 10.7 Å². The number of primary amides is 1. The van der Waals surface area contributed by atoms with Gasteiger partial charge in [-0.3, -0.25) is 4.79 Å². The molecular weight excluding hydrogens is 322 g/mol. The fourth-order valence-electron chi connectivity index (χ4n) is 3.03. The second kappa shape index (κ2) is 6.01. The number of aliphatic imine (C=N–C) groups is 1. The standard InChI is InChI=1S/C18H16N3O4/c1-23-13-7-4-8-14-15(13)12(9-24-14)21-18-20-11-6-3-2-5-10(11)16(25-18)17(19)22/h3-8,12,16H,9H2,1H3,(H2,19,22)(H,20,21). The van der Waals surface area contributed by atoms with Crippen LogP contribution in [0.1, 0.15) is 23.3 Å². The van der Waals surface area contributed by atoms with Crippen molar-refractivity contribution < 1.29 is 19.0 Å². The van der Waals surface area contributed by atoms with Crippen molar-refractivity contribution in [1.82, 2.24) is 5.32 Å².